The van der Waals surface area contributed by atoms with E-state index >= 15 is 0 Å². The molecular formula is C27H14F3NO6. The number of rotatable bonds is 4. The Balaban J connectivity index is 1.61. The molecule has 5 aromatic rings. The van der Waals surface area contributed by atoms with Gasteiger partial charge in [0.25, 0.3) is 5.69 Å². The van der Waals surface area contributed by atoms with Crippen molar-refractivity contribution in [2.24, 2.45) is 0 Å². The molecule has 0 aliphatic carbocycles. The summed E-state index contributed by atoms with van der Waals surface area (Å²) in [6.07, 6.45) is -4.99. The number of fused-ring (bicyclic) bond motifs is 2. The summed E-state index contributed by atoms with van der Waals surface area (Å²) >= 11 is 0. The Morgan fingerprint density at radius 3 is 2.30 bits per heavy atom. The number of non-ortho nitro benzene ring substituents is 1. The molecule has 0 unspecified atom stereocenters. The van der Waals surface area contributed by atoms with E-state index in [1.165, 1.54) is 30.3 Å². The van der Waals surface area contributed by atoms with Gasteiger partial charge in [0.1, 0.15) is 11.3 Å². The third-order valence-corrected chi connectivity index (χ3v) is 5.70. The number of hydrogen-bond donors (Lipinski definition) is 0. The lowest BCUT2D eigenvalue weighted by Crippen LogP contribution is -2.16. The van der Waals surface area contributed by atoms with Crippen LogP contribution in [0.1, 0.15) is 16.1 Å². The van der Waals surface area contributed by atoms with Crippen LogP contribution in [0.3, 0.4) is 0 Å². The average molecular weight is 505 g/mol. The number of carbonyl (C=O) groups excluding carboxylic acids is 1. The first-order valence-electron chi connectivity index (χ1n) is 10.8. The van der Waals surface area contributed by atoms with Crippen molar-refractivity contribution in [2.45, 2.75) is 6.18 Å². The lowest BCUT2D eigenvalue weighted by atomic mass is 9.96. The molecule has 0 bridgehead atoms. The van der Waals surface area contributed by atoms with Crippen molar-refractivity contribution in [3.8, 4) is 16.9 Å². The van der Waals surface area contributed by atoms with Gasteiger partial charge in [-0.15, -0.1) is 0 Å². The highest BCUT2D eigenvalue weighted by Gasteiger charge is 2.39. The number of alkyl halides is 3. The molecule has 0 spiro atoms. The third kappa shape index (κ3) is 4.40. The first-order valence-corrected chi connectivity index (χ1v) is 10.8. The summed E-state index contributed by atoms with van der Waals surface area (Å²) in [6.45, 7) is 0. The molecule has 0 saturated heterocycles. The van der Waals surface area contributed by atoms with E-state index in [1.54, 1.807) is 36.4 Å². The van der Waals surface area contributed by atoms with Crippen molar-refractivity contribution >= 4 is 33.4 Å². The monoisotopic (exact) mass is 505 g/mol. The topological polar surface area (TPSA) is 99.7 Å². The van der Waals surface area contributed by atoms with Crippen LogP contribution in [-0.4, -0.2) is 10.9 Å². The summed E-state index contributed by atoms with van der Waals surface area (Å²) in [5.41, 5.74) is -2.10. The Morgan fingerprint density at radius 2 is 1.59 bits per heavy atom. The molecule has 0 fully saturated rings. The number of nitrogens with zero attached hydrogens (tertiary/aromatic N) is 1. The fourth-order valence-electron chi connectivity index (χ4n) is 4.01. The maximum absolute atomic E-state index is 14.1. The van der Waals surface area contributed by atoms with E-state index in [-0.39, 0.29) is 28.0 Å². The number of esters is 1. The zero-order valence-electron chi connectivity index (χ0n) is 18.6. The van der Waals surface area contributed by atoms with Gasteiger partial charge in [-0.3, -0.25) is 14.9 Å². The van der Waals surface area contributed by atoms with Gasteiger partial charge in [0.2, 0.25) is 11.2 Å². The molecule has 37 heavy (non-hydrogen) atoms. The van der Waals surface area contributed by atoms with Gasteiger partial charge in [-0.1, -0.05) is 42.5 Å². The van der Waals surface area contributed by atoms with Crippen molar-refractivity contribution < 1.29 is 32.0 Å². The Labute approximate surface area is 205 Å². The molecule has 0 aliphatic heterocycles. The molecule has 10 heteroatoms. The molecular weight excluding hydrogens is 491 g/mol. The fourth-order valence-corrected chi connectivity index (χ4v) is 4.01. The van der Waals surface area contributed by atoms with Gasteiger partial charge in [-0.05, 0) is 40.6 Å². The summed E-state index contributed by atoms with van der Waals surface area (Å²) < 4.78 is 52.7. The number of carbonyl (C=O) groups is 1. The second-order valence-corrected chi connectivity index (χ2v) is 8.01. The van der Waals surface area contributed by atoms with Gasteiger partial charge < -0.3 is 9.15 Å². The van der Waals surface area contributed by atoms with Crippen LogP contribution in [0, 0.1) is 10.1 Å². The van der Waals surface area contributed by atoms with Crippen molar-refractivity contribution in [3.05, 3.63) is 117 Å². The van der Waals surface area contributed by atoms with E-state index in [0.717, 1.165) is 18.2 Å². The zero-order valence-corrected chi connectivity index (χ0v) is 18.6. The third-order valence-electron chi connectivity index (χ3n) is 5.70. The molecule has 7 nitrogen and oxygen atoms in total. The highest BCUT2D eigenvalue weighted by molar-refractivity contribution is 5.99. The summed E-state index contributed by atoms with van der Waals surface area (Å²) in [5.74, 6) is -2.55. The average Bonchev–Trinajstić information content (AvgIpc) is 2.88. The van der Waals surface area contributed by atoms with Crippen LogP contribution in [0.15, 0.2) is 94.1 Å². The van der Waals surface area contributed by atoms with Gasteiger partial charge in [0.15, 0.2) is 0 Å². The summed E-state index contributed by atoms with van der Waals surface area (Å²) in [6, 6.07) is 19.5. The molecule has 0 aliphatic rings. The largest absolute Gasteiger partial charge is 0.450 e. The zero-order chi connectivity index (χ0) is 26.3. The van der Waals surface area contributed by atoms with E-state index in [0.29, 0.717) is 10.8 Å². The minimum Gasteiger partial charge on any atom is -0.450 e. The molecule has 1 heterocycles. The van der Waals surface area contributed by atoms with Crippen LogP contribution >= 0.6 is 0 Å². The molecule has 0 amide bonds. The maximum atomic E-state index is 14.1. The first-order chi connectivity index (χ1) is 17.6. The van der Waals surface area contributed by atoms with Gasteiger partial charge in [0.05, 0.1) is 21.4 Å². The first kappa shape index (κ1) is 23.7. The highest BCUT2D eigenvalue weighted by atomic mass is 19.4. The smallest absolute Gasteiger partial charge is 0.450 e. The van der Waals surface area contributed by atoms with E-state index in [2.05, 4.69) is 0 Å². The molecule has 1 aromatic heterocycles. The molecule has 0 atom stereocenters. The molecule has 4 aromatic carbocycles. The second kappa shape index (κ2) is 8.90. The van der Waals surface area contributed by atoms with Crippen molar-refractivity contribution in [1.29, 1.82) is 0 Å². The predicted molar refractivity (Wildman–Crippen MR) is 128 cm³/mol. The molecule has 184 valence electrons. The number of ether oxygens (including phenoxy) is 1. The lowest BCUT2D eigenvalue weighted by molar-refractivity contribution is -0.384. The van der Waals surface area contributed by atoms with Crippen molar-refractivity contribution in [3.63, 3.8) is 0 Å². The van der Waals surface area contributed by atoms with Gasteiger partial charge >= 0.3 is 12.1 Å². The Kier molecular flexibility index (Phi) is 5.71. The SMILES string of the molecule is O=C(Oc1ccc2c(=O)c(-c3cccc4ccccc34)c(C(F)(F)F)oc2c1)c1ccc([N+](=O)[O-])cc1. The van der Waals surface area contributed by atoms with Crippen molar-refractivity contribution in [1.82, 2.24) is 0 Å². The Morgan fingerprint density at radius 1 is 0.892 bits per heavy atom. The molecule has 5 rings (SSSR count). The van der Waals surface area contributed by atoms with Crippen LogP contribution < -0.4 is 10.2 Å². The van der Waals surface area contributed by atoms with E-state index in [4.69, 9.17) is 9.15 Å². The summed E-state index contributed by atoms with van der Waals surface area (Å²) in [7, 11) is 0. The van der Waals surface area contributed by atoms with Crippen LogP contribution in [-0.2, 0) is 6.18 Å². The van der Waals surface area contributed by atoms with E-state index in [9.17, 15) is 32.9 Å². The Bertz CT molecular complexity index is 1750. The lowest BCUT2D eigenvalue weighted by Gasteiger charge is -2.14. The summed E-state index contributed by atoms with van der Waals surface area (Å²) in [4.78, 5) is 35.9. The van der Waals surface area contributed by atoms with E-state index < -0.39 is 39.4 Å². The molecule has 0 radical (unpaired) electrons. The maximum Gasteiger partial charge on any atom is 0.450 e. The van der Waals surface area contributed by atoms with Crippen LogP contribution in [0.2, 0.25) is 0 Å². The minimum absolute atomic E-state index is 0.0190. The second-order valence-electron chi connectivity index (χ2n) is 8.01. The number of hydrogen-bond acceptors (Lipinski definition) is 6. The predicted octanol–water partition coefficient (Wildman–Crippen LogP) is 6.76. The van der Waals surface area contributed by atoms with E-state index in [1.807, 2.05) is 0 Å². The molecule has 0 N–H and O–H groups in total. The molecule has 0 saturated carbocycles. The normalized spacial score (nSPS) is 11.5. The van der Waals surface area contributed by atoms with Gasteiger partial charge in [0, 0.05) is 18.2 Å². The van der Waals surface area contributed by atoms with Crippen LogP contribution in [0.25, 0.3) is 32.9 Å². The minimum atomic E-state index is -4.99. The fraction of sp³-hybridized carbons (Fsp3) is 0.0370. The number of halogens is 3. The van der Waals surface area contributed by atoms with Gasteiger partial charge in [-0.25, -0.2) is 4.79 Å². The standard InChI is InChI=1S/C27H14F3NO6/c28-27(29,30)25-23(20-7-3-5-15-4-1-2-6-19(15)20)24(32)21-13-12-18(14-22(21)37-25)36-26(33)16-8-10-17(11-9-16)31(34)35/h1-14H. The highest BCUT2D eigenvalue weighted by Crippen LogP contribution is 2.39. The van der Waals surface area contributed by atoms with Crippen LogP contribution in [0.5, 0.6) is 5.75 Å². The quantitative estimate of drug-likeness (QED) is 0.116. The van der Waals surface area contributed by atoms with Gasteiger partial charge in [-0.2, -0.15) is 13.2 Å². The van der Waals surface area contributed by atoms with Crippen molar-refractivity contribution in [2.75, 3.05) is 0 Å². The van der Waals surface area contributed by atoms with Crippen LogP contribution in [0.4, 0.5) is 18.9 Å². The Hall–Kier alpha value is -4.99. The number of nitro benzene ring substituents is 1. The summed E-state index contributed by atoms with van der Waals surface area (Å²) in [5, 5.41) is 11.8. The number of benzene rings is 4. The number of nitro groups is 1.